The smallest absolute Gasteiger partial charge is 0.308 e. The summed E-state index contributed by atoms with van der Waals surface area (Å²) in [5, 5.41) is 0.551. The number of halogens is 1. The number of fused-ring (bicyclic) bond motifs is 1. The molecule has 1 heterocycles. The molecular weight excluding hydrogens is 281 g/mol. The number of nitrogens with zero attached hydrogens (tertiary/aromatic N) is 1. The number of rotatable bonds is 3. The van der Waals surface area contributed by atoms with Crippen molar-refractivity contribution in [3.63, 3.8) is 0 Å². The Morgan fingerprint density at radius 2 is 1.95 bits per heavy atom. The highest BCUT2D eigenvalue weighted by Gasteiger charge is 2.23. The van der Waals surface area contributed by atoms with Gasteiger partial charge in [-0.25, -0.2) is 9.37 Å². The number of aryl methyl sites for hydroxylation is 1. The summed E-state index contributed by atoms with van der Waals surface area (Å²) in [5.74, 6) is -0.399. The van der Waals surface area contributed by atoms with Gasteiger partial charge in [0.15, 0.2) is 0 Å². The number of pyridine rings is 1. The van der Waals surface area contributed by atoms with Crippen LogP contribution in [0, 0.1) is 19.7 Å². The average molecular weight is 303 g/mol. The number of benzene rings is 1. The molecule has 0 unspecified atom stereocenters. The molecule has 2 rings (SSSR count). The van der Waals surface area contributed by atoms with E-state index in [0.29, 0.717) is 16.8 Å². The molecule has 0 saturated carbocycles. The second kappa shape index (κ2) is 5.67. The van der Waals surface area contributed by atoms with Gasteiger partial charge in [-0.2, -0.15) is 0 Å². The lowest BCUT2D eigenvalue weighted by atomic mass is 9.81. The first kappa shape index (κ1) is 16.4. The molecule has 22 heavy (non-hydrogen) atoms. The number of hydrogen-bond donors (Lipinski definition) is 0. The van der Waals surface area contributed by atoms with Crippen molar-refractivity contribution in [2.75, 3.05) is 0 Å². The van der Waals surface area contributed by atoms with Crippen molar-refractivity contribution in [2.24, 2.45) is 0 Å². The summed E-state index contributed by atoms with van der Waals surface area (Å²) >= 11 is 0. The molecule has 118 valence electrons. The summed E-state index contributed by atoms with van der Waals surface area (Å²) in [4.78, 5) is 15.7. The van der Waals surface area contributed by atoms with Crippen LogP contribution in [-0.2, 0) is 10.2 Å². The molecule has 1 aromatic carbocycles. The topological polar surface area (TPSA) is 39.2 Å². The highest BCUT2D eigenvalue weighted by Crippen LogP contribution is 2.36. The van der Waals surface area contributed by atoms with E-state index >= 15 is 0 Å². The van der Waals surface area contributed by atoms with E-state index in [4.69, 9.17) is 4.74 Å². The van der Waals surface area contributed by atoms with Crippen LogP contribution in [0.3, 0.4) is 0 Å². The number of esters is 1. The summed E-state index contributed by atoms with van der Waals surface area (Å²) in [5.41, 5.74) is 2.37. The van der Waals surface area contributed by atoms with Crippen LogP contribution in [-0.4, -0.2) is 11.0 Å². The van der Waals surface area contributed by atoms with E-state index in [0.717, 1.165) is 17.5 Å². The van der Waals surface area contributed by atoms with Crippen molar-refractivity contribution in [2.45, 2.75) is 53.4 Å². The van der Waals surface area contributed by atoms with Crippen molar-refractivity contribution in [3.05, 3.63) is 34.8 Å². The quantitative estimate of drug-likeness (QED) is 0.778. The van der Waals surface area contributed by atoms with Gasteiger partial charge in [-0.3, -0.25) is 4.79 Å². The van der Waals surface area contributed by atoms with E-state index in [-0.39, 0.29) is 16.7 Å². The average Bonchev–Trinajstić information content (AvgIpc) is 2.44. The van der Waals surface area contributed by atoms with Gasteiger partial charge in [0.1, 0.15) is 17.1 Å². The Balaban J connectivity index is 2.85. The lowest BCUT2D eigenvalue weighted by Gasteiger charge is -2.24. The van der Waals surface area contributed by atoms with Gasteiger partial charge in [0.05, 0.1) is 0 Å². The third-order valence-corrected chi connectivity index (χ3v) is 4.38. The summed E-state index contributed by atoms with van der Waals surface area (Å²) in [7, 11) is 0. The van der Waals surface area contributed by atoms with Crippen LogP contribution in [0.5, 0.6) is 5.75 Å². The summed E-state index contributed by atoms with van der Waals surface area (Å²) in [6.07, 6.45) is 0.874. The molecule has 0 bridgehead atoms. The zero-order valence-electron chi connectivity index (χ0n) is 14.0. The minimum atomic E-state index is -0.421. The van der Waals surface area contributed by atoms with E-state index in [9.17, 15) is 9.18 Å². The minimum Gasteiger partial charge on any atom is -0.426 e. The molecule has 0 radical (unpaired) electrons. The molecule has 2 aromatic rings. The lowest BCUT2D eigenvalue weighted by Crippen LogP contribution is -2.16. The highest BCUT2D eigenvalue weighted by atomic mass is 19.1. The Morgan fingerprint density at radius 1 is 1.32 bits per heavy atom. The van der Waals surface area contributed by atoms with Crippen molar-refractivity contribution >= 4 is 16.9 Å². The SMILES string of the molecule is CCC(C)(C)c1cc(F)c2nc(C)c(C)c(OC(C)=O)c2c1. The molecule has 0 saturated heterocycles. The van der Waals surface area contributed by atoms with Gasteiger partial charge < -0.3 is 4.74 Å². The van der Waals surface area contributed by atoms with E-state index in [1.54, 1.807) is 6.92 Å². The van der Waals surface area contributed by atoms with Crippen molar-refractivity contribution < 1.29 is 13.9 Å². The third-order valence-electron chi connectivity index (χ3n) is 4.38. The highest BCUT2D eigenvalue weighted by molar-refractivity contribution is 5.90. The molecule has 0 spiro atoms. The van der Waals surface area contributed by atoms with Crippen molar-refractivity contribution in [3.8, 4) is 5.75 Å². The Morgan fingerprint density at radius 3 is 2.50 bits per heavy atom. The molecule has 0 atom stereocenters. The van der Waals surface area contributed by atoms with Gasteiger partial charge in [-0.05, 0) is 43.4 Å². The molecule has 3 nitrogen and oxygen atoms in total. The first-order chi connectivity index (χ1) is 10.2. The number of carbonyl (C=O) groups is 1. The zero-order chi connectivity index (χ0) is 16.7. The van der Waals surface area contributed by atoms with Crippen LogP contribution in [0.2, 0.25) is 0 Å². The summed E-state index contributed by atoms with van der Waals surface area (Å²) in [6, 6.07) is 3.42. The molecule has 0 fully saturated rings. The van der Waals surface area contributed by atoms with E-state index in [1.807, 2.05) is 13.0 Å². The lowest BCUT2D eigenvalue weighted by molar-refractivity contribution is -0.131. The first-order valence-electron chi connectivity index (χ1n) is 7.46. The van der Waals surface area contributed by atoms with Gasteiger partial charge >= 0.3 is 5.97 Å². The molecular formula is C18H22FNO2. The summed E-state index contributed by atoms with van der Waals surface area (Å²) in [6.45, 7) is 11.1. The standard InChI is InChI=1S/C18H22FNO2/c1-7-18(5,6)13-8-14-16(15(19)9-13)20-11(3)10(2)17(14)22-12(4)21/h8-9H,7H2,1-6H3. The maximum absolute atomic E-state index is 14.5. The second-order valence-electron chi connectivity index (χ2n) is 6.34. The number of hydrogen-bond acceptors (Lipinski definition) is 3. The van der Waals surface area contributed by atoms with E-state index in [2.05, 4.69) is 25.8 Å². The third kappa shape index (κ3) is 2.82. The fourth-order valence-corrected chi connectivity index (χ4v) is 2.37. The van der Waals surface area contributed by atoms with Crippen LogP contribution in [0.4, 0.5) is 4.39 Å². The van der Waals surface area contributed by atoms with Crippen LogP contribution in [0.1, 0.15) is 50.9 Å². The maximum Gasteiger partial charge on any atom is 0.308 e. The van der Waals surface area contributed by atoms with Gasteiger partial charge in [-0.1, -0.05) is 20.8 Å². The molecule has 4 heteroatoms. The minimum absolute atomic E-state index is 0.165. The van der Waals surface area contributed by atoms with Gasteiger partial charge in [0.2, 0.25) is 0 Å². The number of aromatic nitrogens is 1. The molecule has 0 amide bonds. The van der Waals surface area contributed by atoms with Gasteiger partial charge in [0, 0.05) is 23.6 Å². The first-order valence-corrected chi connectivity index (χ1v) is 7.46. The second-order valence-corrected chi connectivity index (χ2v) is 6.34. The molecule has 0 aliphatic rings. The molecule has 0 aliphatic carbocycles. The van der Waals surface area contributed by atoms with Crippen LogP contribution >= 0.6 is 0 Å². The largest absolute Gasteiger partial charge is 0.426 e. The van der Waals surface area contributed by atoms with Crippen molar-refractivity contribution in [1.82, 2.24) is 4.98 Å². The maximum atomic E-state index is 14.5. The summed E-state index contributed by atoms with van der Waals surface area (Å²) < 4.78 is 19.9. The Kier molecular flexibility index (Phi) is 4.23. The fraction of sp³-hybridized carbons (Fsp3) is 0.444. The molecule has 0 aliphatic heterocycles. The van der Waals surface area contributed by atoms with E-state index < -0.39 is 5.97 Å². The van der Waals surface area contributed by atoms with E-state index in [1.165, 1.54) is 13.0 Å². The Hall–Kier alpha value is -1.97. The van der Waals surface area contributed by atoms with Gasteiger partial charge in [0.25, 0.3) is 0 Å². The van der Waals surface area contributed by atoms with Crippen LogP contribution in [0.25, 0.3) is 10.9 Å². The number of ether oxygens (including phenoxy) is 1. The zero-order valence-corrected chi connectivity index (χ0v) is 14.0. The Bertz CT molecular complexity index is 751. The van der Waals surface area contributed by atoms with Crippen LogP contribution in [0.15, 0.2) is 12.1 Å². The Labute approximate surface area is 130 Å². The van der Waals surface area contributed by atoms with Crippen molar-refractivity contribution in [1.29, 1.82) is 0 Å². The normalized spacial score (nSPS) is 11.8. The van der Waals surface area contributed by atoms with Crippen LogP contribution < -0.4 is 4.74 Å². The monoisotopic (exact) mass is 303 g/mol. The van der Waals surface area contributed by atoms with Gasteiger partial charge in [-0.15, -0.1) is 0 Å². The molecule has 0 N–H and O–H groups in total. The predicted octanol–water partition coefficient (Wildman–Crippen LogP) is 4.60. The fourth-order valence-electron chi connectivity index (χ4n) is 2.37. The number of carbonyl (C=O) groups excluding carboxylic acids is 1. The predicted molar refractivity (Wildman–Crippen MR) is 85.8 cm³/mol. The molecule has 1 aromatic heterocycles.